The van der Waals surface area contributed by atoms with Crippen molar-refractivity contribution in [3.63, 3.8) is 0 Å². The molecular formula is C17H20N4O4S. The summed E-state index contributed by atoms with van der Waals surface area (Å²) in [6.07, 6.45) is 0.585. The quantitative estimate of drug-likeness (QED) is 0.813. The molecule has 0 bridgehead atoms. The molecule has 2 aromatic rings. The van der Waals surface area contributed by atoms with E-state index in [0.29, 0.717) is 29.6 Å². The van der Waals surface area contributed by atoms with Crippen LogP contribution < -0.4 is 10.2 Å². The first-order valence-corrected chi connectivity index (χ1v) is 9.95. The Bertz CT molecular complexity index is 928. The van der Waals surface area contributed by atoms with Crippen molar-refractivity contribution in [2.45, 2.75) is 19.4 Å². The third kappa shape index (κ3) is 4.10. The zero-order valence-electron chi connectivity index (χ0n) is 14.5. The Balaban J connectivity index is 1.80. The molecule has 138 valence electrons. The highest BCUT2D eigenvalue weighted by molar-refractivity contribution is 7.91. The van der Waals surface area contributed by atoms with Gasteiger partial charge < -0.3 is 15.3 Å². The minimum atomic E-state index is -2.98. The van der Waals surface area contributed by atoms with Gasteiger partial charge in [0.05, 0.1) is 17.1 Å². The molecule has 2 N–H and O–H groups in total. The molecule has 26 heavy (non-hydrogen) atoms. The van der Waals surface area contributed by atoms with Crippen molar-refractivity contribution in [1.82, 2.24) is 9.97 Å². The van der Waals surface area contributed by atoms with Gasteiger partial charge in [-0.1, -0.05) is 0 Å². The van der Waals surface area contributed by atoms with Gasteiger partial charge in [-0.25, -0.2) is 23.2 Å². The third-order valence-corrected chi connectivity index (χ3v) is 6.10. The molecule has 1 aromatic carbocycles. The van der Waals surface area contributed by atoms with Crippen LogP contribution in [-0.4, -0.2) is 54.1 Å². The summed E-state index contributed by atoms with van der Waals surface area (Å²) in [5.41, 5.74) is 0.905. The van der Waals surface area contributed by atoms with Crippen LogP contribution in [0, 0.1) is 6.92 Å². The Morgan fingerprint density at radius 3 is 2.54 bits per heavy atom. The number of sulfone groups is 1. The van der Waals surface area contributed by atoms with Crippen LogP contribution in [0.5, 0.6) is 0 Å². The van der Waals surface area contributed by atoms with Crippen LogP contribution in [0.1, 0.15) is 22.6 Å². The summed E-state index contributed by atoms with van der Waals surface area (Å²) in [7, 11) is -1.15. The van der Waals surface area contributed by atoms with Gasteiger partial charge in [0.25, 0.3) is 0 Å². The van der Waals surface area contributed by atoms with Crippen molar-refractivity contribution in [3.05, 3.63) is 41.7 Å². The molecule has 0 spiro atoms. The lowest BCUT2D eigenvalue weighted by Crippen LogP contribution is -2.33. The van der Waals surface area contributed by atoms with E-state index < -0.39 is 15.8 Å². The monoisotopic (exact) mass is 376 g/mol. The Hall–Kier alpha value is -2.68. The van der Waals surface area contributed by atoms with Gasteiger partial charge in [0.15, 0.2) is 9.84 Å². The first-order chi connectivity index (χ1) is 12.2. The molecule has 0 saturated carbocycles. The fourth-order valence-electron chi connectivity index (χ4n) is 2.91. The van der Waals surface area contributed by atoms with Crippen molar-refractivity contribution < 1.29 is 18.3 Å². The van der Waals surface area contributed by atoms with E-state index in [-0.39, 0.29) is 23.1 Å². The lowest BCUT2D eigenvalue weighted by Gasteiger charge is -2.25. The molecule has 3 rings (SSSR count). The van der Waals surface area contributed by atoms with Crippen LogP contribution in [0.2, 0.25) is 0 Å². The molecule has 2 heterocycles. The highest BCUT2D eigenvalue weighted by Gasteiger charge is 2.31. The number of carboxylic acids is 1. The molecule has 1 saturated heterocycles. The van der Waals surface area contributed by atoms with E-state index in [1.165, 1.54) is 12.1 Å². The average Bonchev–Trinajstić information content (AvgIpc) is 2.94. The number of aryl methyl sites for hydroxylation is 1. The smallest absolute Gasteiger partial charge is 0.335 e. The maximum Gasteiger partial charge on any atom is 0.335 e. The predicted octanol–water partition coefficient (Wildman–Crippen LogP) is 1.85. The number of nitrogens with one attached hydrogen (secondary N) is 1. The molecule has 0 aliphatic carbocycles. The zero-order valence-corrected chi connectivity index (χ0v) is 15.3. The van der Waals surface area contributed by atoms with Crippen LogP contribution >= 0.6 is 0 Å². The standard InChI is InChI=1S/C17H20N4O4S/c1-11-18-15(20-13-5-3-12(4-6-13)17(22)23)9-16(19-11)21(2)14-7-8-26(24,25)10-14/h3-6,9,14H,7-8,10H2,1-2H3,(H,22,23)(H,18,19,20). The fourth-order valence-corrected chi connectivity index (χ4v) is 4.68. The van der Waals surface area contributed by atoms with Crippen molar-refractivity contribution in [1.29, 1.82) is 0 Å². The molecule has 1 unspecified atom stereocenters. The maximum absolute atomic E-state index is 11.7. The van der Waals surface area contributed by atoms with Gasteiger partial charge in [0.1, 0.15) is 17.5 Å². The minimum absolute atomic E-state index is 0.1000. The lowest BCUT2D eigenvalue weighted by atomic mass is 10.2. The largest absolute Gasteiger partial charge is 0.478 e. The number of anilines is 3. The SMILES string of the molecule is Cc1nc(Nc2ccc(C(=O)O)cc2)cc(N(C)C2CCS(=O)(=O)C2)n1. The second-order valence-corrected chi connectivity index (χ2v) is 8.56. The van der Waals surface area contributed by atoms with Gasteiger partial charge in [0.2, 0.25) is 0 Å². The molecule has 9 heteroatoms. The van der Waals surface area contributed by atoms with Crippen molar-refractivity contribution >= 4 is 33.1 Å². The first-order valence-electron chi connectivity index (χ1n) is 8.13. The van der Waals surface area contributed by atoms with Crippen LogP contribution in [0.4, 0.5) is 17.3 Å². The minimum Gasteiger partial charge on any atom is -0.478 e. The number of benzene rings is 1. The van der Waals surface area contributed by atoms with Crippen LogP contribution in [0.3, 0.4) is 0 Å². The molecule has 1 atom stereocenters. The molecular weight excluding hydrogens is 356 g/mol. The second kappa shape index (κ2) is 6.91. The number of hydrogen-bond acceptors (Lipinski definition) is 7. The lowest BCUT2D eigenvalue weighted by molar-refractivity contribution is 0.0697. The topological polar surface area (TPSA) is 112 Å². The van der Waals surface area contributed by atoms with Gasteiger partial charge in [-0.3, -0.25) is 0 Å². The van der Waals surface area contributed by atoms with Gasteiger partial charge in [-0.2, -0.15) is 0 Å². The number of hydrogen-bond donors (Lipinski definition) is 2. The first kappa shape index (κ1) is 18.1. The number of nitrogens with zero attached hydrogens (tertiary/aromatic N) is 3. The molecule has 1 fully saturated rings. The predicted molar refractivity (Wildman–Crippen MR) is 98.9 cm³/mol. The Labute approximate surface area is 151 Å². The summed E-state index contributed by atoms with van der Waals surface area (Å²) in [5, 5.41) is 12.1. The van der Waals surface area contributed by atoms with E-state index >= 15 is 0 Å². The molecule has 0 amide bonds. The van der Waals surface area contributed by atoms with Crippen LogP contribution in [0.25, 0.3) is 0 Å². The molecule has 0 radical (unpaired) electrons. The van der Waals surface area contributed by atoms with Gasteiger partial charge >= 0.3 is 5.97 Å². The summed E-state index contributed by atoms with van der Waals surface area (Å²) < 4.78 is 23.4. The highest BCUT2D eigenvalue weighted by atomic mass is 32.2. The highest BCUT2D eigenvalue weighted by Crippen LogP contribution is 2.24. The summed E-state index contributed by atoms with van der Waals surface area (Å²) in [6.45, 7) is 1.77. The van der Waals surface area contributed by atoms with E-state index in [4.69, 9.17) is 5.11 Å². The van der Waals surface area contributed by atoms with Crippen LogP contribution in [-0.2, 0) is 9.84 Å². The molecule has 1 aliphatic rings. The Morgan fingerprint density at radius 2 is 1.96 bits per heavy atom. The Morgan fingerprint density at radius 1 is 1.27 bits per heavy atom. The van der Waals surface area contributed by atoms with Gasteiger partial charge in [-0.05, 0) is 37.6 Å². The van der Waals surface area contributed by atoms with Crippen molar-refractivity contribution in [3.8, 4) is 0 Å². The van der Waals surface area contributed by atoms with E-state index in [9.17, 15) is 13.2 Å². The normalized spacial score (nSPS) is 18.5. The molecule has 1 aromatic heterocycles. The van der Waals surface area contributed by atoms with Crippen LogP contribution in [0.15, 0.2) is 30.3 Å². The second-order valence-electron chi connectivity index (χ2n) is 6.33. The third-order valence-electron chi connectivity index (χ3n) is 4.35. The van der Waals surface area contributed by atoms with E-state index in [0.717, 1.165) is 0 Å². The van der Waals surface area contributed by atoms with Crippen molar-refractivity contribution in [2.24, 2.45) is 0 Å². The number of aromatic carboxylic acids is 1. The van der Waals surface area contributed by atoms with Gasteiger partial charge in [0, 0.05) is 24.8 Å². The van der Waals surface area contributed by atoms with E-state index in [2.05, 4.69) is 15.3 Å². The summed E-state index contributed by atoms with van der Waals surface area (Å²) in [6, 6.07) is 7.99. The summed E-state index contributed by atoms with van der Waals surface area (Å²) in [5.74, 6) is 1.11. The number of aromatic nitrogens is 2. The maximum atomic E-state index is 11.7. The zero-order chi connectivity index (χ0) is 18.9. The molecule has 8 nitrogen and oxygen atoms in total. The fraction of sp³-hybridized carbons (Fsp3) is 0.353. The van der Waals surface area contributed by atoms with E-state index in [1.807, 2.05) is 11.9 Å². The molecule has 1 aliphatic heterocycles. The summed E-state index contributed by atoms with van der Waals surface area (Å²) >= 11 is 0. The number of rotatable bonds is 5. The number of carbonyl (C=O) groups is 1. The van der Waals surface area contributed by atoms with Crippen molar-refractivity contribution in [2.75, 3.05) is 28.8 Å². The summed E-state index contributed by atoms with van der Waals surface area (Å²) in [4.78, 5) is 21.5. The Kier molecular flexibility index (Phi) is 4.82. The average molecular weight is 376 g/mol. The van der Waals surface area contributed by atoms with E-state index in [1.54, 1.807) is 25.1 Å². The number of carboxylic acid groups (broad SMARTS) is 1. The van der Waals surface area contributed by atoms with Gasteiger partial charge in [-0.15, -0.1) is 0 Å².